The molecule has 0 radical (unpaired) electrons. The lowest BCUT2D eigenvalue weighted by atomic mass is 10.0. The van der Waals surface area contributed by atoms with Crippen molar-refractivity contribution in [2.75, 3.05) is 0 Å². The van der Waals surface area contributed by atoms with Gasteiger partial charge in [-0.1, -0.05) is 27.7 Å². The Labute approximate surface area is 97.5 Å². The van der Waals surface area contributed by atoms with E-state index in [1.807, 2.05) is 13.8 Å². The van der Waals surface area contributed by atoms with Crippen LogP contribution in [0.15, 0.2) is 0 Å². The summed E-state index contributed by atoms with van der Waals surface area (Å²) in [6.07, 6.45) is -0.189. The van der Waals surface area contributed by atoms with Gasteiger partial charge in [-0.05, 0) is 12.3 Å². The lowest BCUT2D eigenvalue weighted by molar-refractivity contribution is 0.366. The molecule has 5 heteroatoms. The molecule has 0 amide bonds. The van der Waals surface area contributed by atoms with Crippen molar-refractivity contribution < 1.29 is 22.0 Å². The molecular weight excluding hydrogens is 239 g/mol. The van der Waals surface area contributed by atoms with E-state index in [-0.39, 0.29) is 12.3 Å². The van der Waals surface area contributed by atoms with Crippen molar-refractivity contribution in [1.82, 2.24) is 0 Å². The van der Waals surface area contributed by atoms with Crippen molar-refractivity contribution in [3.05, 3.63) is 34.6 Å². The summed E-state index contributed by atoms with van der Waals surface area (Å²) in [7, 11) is 0. The van der Waals surface area contributed by atoms with Crippen LogP contribution in [-0.4, -0.2) is 0 Å². The highest BCUT2D eigenvalue weighted by atomic mass is 19.2. The Bertz CT molecular complexity index is 356. The Balaban J connectivity index is 0.00000121. The van der Waals surface area contributed by atoms with Gasteiger partial charge in [0.05, 0.1) is 0 Å². The molecule has 0 saturated carbocycles. The molecule has 0 heterocycles. The van der Waals surface area contributed by atoms with Gasteiger partial charge in [0.25, 0.3) is 0 Å². The molecule has 1 rings (SSSR count). The first-order valence-corrected chi connectivity index (χ1v) is 5.36. The normalized spacial score (nSPS) is 10.2. The van der Waals surface area contributed by atoms with Crippen LogP contribution in [0.5, 0.6) is 0 Å². The summed E-state index contributed by atoms with van der Waals surface area (Å²) in [5, 5.41) is 0. The monoisotopic (exact) mass is 254 g/mol. The van der Waals surface area contributed by atoms with E-state index in [2.05, 4.69) is 0 Å². The molecule has 0 unspecified atom stereocenters. The van der Waals surface area contributed by atoms with Gasteiger partial charge in [-0.3, -0.25) is 0 Å². The van der Waals surface area contributed by atoms with Crippen LogP contribution < -0.4 is 0 Å². The summed E-state index contributed by atoms with van der Waals surface area (Å²) in [6, 6.07) is 0. The van der Waals surface area contributed by atoms with Gasteiger partial charge >= 0.3 is 0 Å². The zero-order valence-corrected chi connectivity index (χ0v) is 10.2. The van der Waals surface area contributed by atoms with Crippen LogP contribution in [0.2, 0.25) is 0 Å². The van der Waals surface area contributed by atoms with Crippen LogP contribution in [-0.2, 0) is 6.42 Å². The Morgan fingerprint density at radius 1 is 0.706 bits per heavy atom. The first kappa shape index (κ1) is 15.9. The first-order valence-electron chi connectivity index (χ1n) is 5.36. The van der Waals surface area contributed by atoms with E-state index in [4.69, 9.17) is 0 Å². The molecule has 98 valence electrons. The third-order valence-electron chi connectivity index (χ3n) is 1.91. The molecule has 0 saturated heterocycles. The zero-order chi connectivity index (χ0) is 13.7. The topological polar surface area (TPSA) is 0 Å². The van der Waals surface area contributed by atoms with E-state index in [0.717, 1.165) is 0 Å². The minimum absolute atomic E-state index is 0.189. The van der Waals surface area contributed by atoms with Crippen LogP contribution >= 0.6 is 0 Å². The zero-order valence-electron chi connectivity index (χ0n) is 10.2. The van der Waals surface area contributed by atoms with Gasteiger partial charge in [-0.25, -0.2) is 22.0 Å². The SMILES string of the molecule is CC.CC(C)Cc1c(F)c(F)c(F)c(F)c1F. The Hall–Kier alpha value is -1.13. The Morgan fingerprint density at radius 3 is 1.29 bits per heavy atom. The quantitative estimate of drug-likeness (QED) is 0.411. The van der Waals surface area contributed by atoms with Crippen molar-refractivity contribution in [2.24, 2.45) is 5.92 Å². The van der Waals surface area contributed by atoms with Crippen molar-refractivity contribution in [2.45, 2.75) is 34.1 Å². The van der Waals surface area contributed by atoms with Gasteiger partial charge in [-0.15, -0.1) is 0 Å². The van der Waals surface area contributed by atoms with Gasteiger partial charge in [-0.2, -0.15) is 0 Å². The number of hydrogen-bond donors (Lipinski definition) is 0. The standard InChI is InChI=1S/C10H9F5.C2H6/c1-4(2)3-5-6(11)8(13)10(15)9(14)7(5)12;1-2/h4H,3H2,1-2H3;1-2H3. The second kappa shape index (κ2) is 6.57. The third kappa shape index (κ3) is 3.41. The van der Waals surface area contributed by atoms with Crippen LogP contribution in [0.25, 0.3) is 0 Å². The van der Waals surface area contributed by atoms with Crippen molar-refractivity contribution in [3.8, 4) is 0 Å². The molecule has 17 heavy (non-hydrogen) atoms. The van der Waals surface area contributed by atoms with E-state index in [1.165, 1.54) is 0 Å². The number of rotatable bonds is 2. The molecule has 0 aliphatic carbocycles. The van der Waals surface area contributed by atoms with Gasteiger partial charge in [0.2, 0.25) is 5.82 Å². The van der Waals surface area contributed by atoms with Crippen LogP contribution in [0.1, 0.15) is 33.3 Å². The summed E-state index contributed by atoms with van der Waals surface area (Å²) in [6.45, 7) is 7.25. The molecule has 0 N–H and O–H groups in total. The average Bonchev–Trinajstić information content (AvgIpc) is 2.32. The second-order valence-electron chi connectivity index (χ2n) is 3.65. The highest BCUT2D eigenvalue weighted by Gasteiger charge is 2.25. The molecule has 0 spiro atoms. The summed E-state index contributed by atoms with van der Waals surface area (Å²) >= 11 is 0. The predicted molar refractivity (Wildman–Crippen MR) is 56.1 cm³/mol. The van der Waals surface area contributed by atoms with Crippen LogP contribution in [0.4, 0.5) is 22.0 Å². The average molecular weight is 254 g/mol. The minimum Gasteiger partial charge on any atom is -0.203 e. The predicted octanol–water partition coefficient (Wildman–Crippen LogP) is 4.61. The fourth-order valence-corrected chi connectivity index (χ4v) is 1.24. The number of halogens is 5. The maximum Gasteiger partial charge on any atom is 0.200 e. The lowest BCUT2D eigenvalue weighted by Gasteiger charge is -2.09. The summed E-state index contributed by atoms with van der Waals surface area (Å²) in [5.74, 6) is -9.55. The van der Waals surface area contributed by atoms with Crippen molar-refractivity contribution in [3.63, 3.8) is 0 Å². The summed E-state index contributed by atoms with van der Waals surface area (Å²) in [4.78, 5) is 0. The second-order valence-corrected chi connectivity index (χ2v) is 3.65. The summed E-state index contributed by atoms with van der Waals surface area (Å²) < 4.78 is 64.1. The van der Waals surface area contributed by atoms with Crippen molar-refractivity contribution >= 4 is 0 Å². The summed E-state index contributed by atoms with van der Waals surface area (Å²) in [5.41, 5.74) is -0.749. The van der Waals surface area contributed by atoms with E-state index in [1.54, 1.807) is 13.8 Å². The largest absolute Gasteiger partial charge is 0.203 e. The fraction of sp³-hybridized carbons (Fsp3) is 0.500. The van der Waals surface area contributed by atoms with Gasteiger partial charge in [0, 0.05) is 5.56 Å². The Kier molecular flexibility index (Phi) is 6.13. The van der Waals surface area contributed by atoms with E-state index >= 15 is 0 Å². The van der Waals surface area contributed by atoms with Crippen LogP contribution in [0.3, 0.4) is 0 Å². The number of benzene rings is 1. The van der Waals surface area contributed by atoms with E-state index < -0.39 is 34.6 Å². The van der Waals surface area contributed by atoms with Gasteiger partial charge in [0.1, 0.15) is 0 Å². The molecule has 0 atom stereocenters. The molecule has 0 aromatic heterocycles. The fourth-order valence-electron chi connectivity index (χ4n) is 1.24. The molecule has 1 aromatic rings. The third-order valence-corrected chi connectivity index (χ3v) is 1.91. The maximum absolute atomic E-state index is 13.0. The molecule has 0 nitrogen and oxygen atoms in total. The smallest absolute Gasteiger partial charge is 0.200 e. The van der Waals surface area contributed by atoms with Crippen LogP contribution in [0, 0.1) is 35.0 Å². The molecular formula is C12H15F5. The molecule has 0 aliphatic rings. The lowest BCUT2D eigenvalue weighted by Crippen LogP contribution is -2.09. The molecule has 0 bridgehead atoms. The van der Waals surface area contributed by atoms with Gasteiger partial charge < -0.3 is 0 Å². The number of hydrogen-bond acceptors (Lipinski definition) is 0. The Morgan fingerprint density at radius 2 is 1.00 bits per heavy atom. The maximum atomic E-state index is 13.0. The molecule has 1 aromatic carbocycles. The van der Waals surface area contributed by atoms with E-state index in [9.17, 15) is 22.0 Å². The van der Waals surface area contributed by atoms with Crippen molar-refractivity contribution in [1.29, 1.82) is 0 Å². The molecule has 0 aliphatic heterocycles. The first-order chi connectivity index (χ1) is 7.86. The minimum atomic E-state index is -2.11. The molecule has 0 fully saturated rings. The van der Waals surface area contributed by atoms with E-state index in [0.29, 0.717) is 0 Å². The van der Waals surface area contributed by atoms with Gasteiger partial charge in [0.15, 0.2) is 23.3 Å². The highest BCUT2D eigenvalue weighted by molar-refractivity contribution is 5.24. The highest BCUT2D eigenvalue weighted by Crippen LogP contribution is 2.24.